The maximum atomic E-state index is 12.0. The first kappa shape index (κ1) is 4.28. The van der Waals surface area contributed by atoms with Crippen LogP contribution in [0.3, 0.4) is 0 Å². The number of esters is 1. The average molecular weight is 216 g/mol. The molecule has 0 unspecified atom stereocenters. The number of ether oxygens (including phenoxy) is 1. The lowest BCUT2D eigenvalue weighted by molar-refractivity contribution is -0.141. The molecule has 0 spiro atoms. The van der Waals surface area contributed by atoms with Crippen molar-refractivity contribution in [1.29, 1.82) is 0 Å². The third-order valence-electron chi connectivity index (χ3n) is 2.18. The molecular weight excluding hydrogens is 192 g/mol. The van der Waals surface area contributed by atoms with Gasteiger partial charge in [-0.3, -0.25) is 4.79 Å². The first-order valence-electron chi connectivity index (χ1n) is 8.44. The van der Waals surface area contributed by atoms with Crippen LogP contribution in [0.5, 0.6) is 0 Å². The minimum absolute atomic E-state index is 0.148. The van der Waals surface area contributed by atoms with Gasteiger partial charge in [-0.15, -0.1) is 0 Å². The van der Waals surface area contributed by atoms with Crippen LogP contribution in [0.4, 0.5) is 0 Å². The quantitative estimate of drug-likeness (QED) is 0.712. The van der Waals surface area contributed by atoms with E-state index in [0.29, 0.717) is 0 Å². The van der Waals surface area contributed by atoms with Crippen molar-refractivity contribution in [3.05, 3.63) is 18.2 Å². The van der Waals surface area contributed by atoms with Crippen LogP contribution >= 0.6 is 0 Å². The topological polar surface area (TPSA) is 44.1 Å². The maximum absolute atomic E-state index is 12.0. The van der Waals surface area contributed by atoms with E-state index in [1.807, 2.05) is 0 Å². The standard InChI is InChI=1S/C11H16N2O2/c1-3-10-8(6-15-11(10)14)4-9-5-12-7-13(9)2/h5,7-8,10H,3-4,6H2,1-2H3/t8-,10-/m0/s1/i1D3,4D2,6D2,8D. The highest BCUT2D eigenvalue weighted by Gasteiger charge is 2.35. The molecule has 0 aliphatic carbocycles. The largest absolute Gasteiger partial charge is 0.465 e. The van der Waals surface area contributed by atoms with Gasteiger partial charge in [-0.05, 0) is 12.8 Å². The number of rotatable bonds is 3. The summed E-state index contributed by atoms with van der Waals surface area (Å²) in [6.45, 7) is -5.63. The van der Waals surface area contributed by atoms with Crippen LogP contribution in [0.2, 0.25) is 0 Å². The maximum Gasteiger partial charge on any atom is 0.309 e. The van der Waals surface area contributed by atoms with Crippen molar-refractivity contribution in [2.75, 3.05) is 6.56 Å². The summed E-state index contributed by atoms with van der Waals surface area (Å²) < 4.78 is 68.3. The third kappa shape index (κ3) is 1.89. The molecule has 0 aromatic carbocycles. The minimum Gasteiger partial charge on any atom is -0.465 e. The third-order valence-corrected chi connectivity index (χ3v) is 2.18. The molecule has 0 N–H and O–H groups in total. The van der Waals surface area contributed by atoms with Crippen molar-refractivity contribution >= 4 is 5.97 Å². The van der Waals surface area contributed by atoms with E-state index in [1.165, 1.54) is 17.9 Å². The van der Waals surface area contributed by atoms with Crippen LogP contribution in [0, 0.1) is 11.8 Å². The van der Waals surface area contributed by atoms with Crippen molar-refractivity contribution in [3.63, 3.8) is 0 Å². The Labute approximate surface area is 100 Å². The second kappa shape index (κ2) is 4.04. The van der Waals surface area contributed by atoms with Crippen LogP contribution in [0.25, 0.3) is 0 Å². The lowest BCUT2D eigenvalue weighted by Gasteiger charge is -2.12. The summed E-state index contributed by atoms with van der Waals surface area (Å²) in [5.41, 5.74) is -0.148. The van der Waals surface area contributed by atoms with Crippen molar-refractivity contribution in [2.24, 2.45) is 18.9 Å². The smallest absolute Gasteiger partial charge is 0.309 e. The van der Waals surface area contributed by atoms with E-state index in [1.54, 1.807) is 0 Å². The van der Waals surface area contributed by atoms with E-state index < -0.39 is 44.0 Å². The molecular formula is C11H16N2O2. The van der Waals surface area contributed by atoms with Gasteiger partial charge >= 0.3 is 5.97 Å². The molecule has 15 heavy (non-hydrogen) atoms. The van der Waals surface area contributed by atoms with Crippen molar-refractivity contribution < 1.29 is 20.5 Å². The highest BCUT2D eigenvalue weighted by atomic mass is 16.5. The van der Waals surface area contributed by atoms with Gasteiger partial charge in [-0.25, -0.2) is 4.98 Å². The van der Waals surface area contributed by atoms with Crippen LogP contribution in [-0.2, 0) is 23.0 Å². The number of aryl methyl sites for hydroxylation is 1. The molecule has 1 aromatic heterocycles. The molecule has 1 aromatic rings. The predicted molar refractivity (Wildman–Crippen MR) is 55.1 cm³/mol. The van der Waals surface area contributed by atoms with Gasteiger partial charge in [0.05, 0.1) is 21.5 Å². The second-order valence-corrected chi connectivity index (χ2v) is 3.21. The molecule has 2 atom stereocenters. The number of cyclic esters (lactones) is 1. The summed E-state index contributed by atoms with van der Waals surface area (Å²) in [6.07, 6.45) is -1.19. The molecule has 0 bridgehead atoms. The van der Waals surface area contributed by atoms with E-state index in [4.69, 9.17) is 11.0 Å². The summed E-state index contributed by atoms with van der Waals surface area (Å²) in [4.78, 5) is 15.7. The van der Waals surface area contributed by atoms with Crippen molar-refractivity contribution in [3.8, 4) is 0 Å². The van der Waals surface area contributed by atoms with Crippen LogP contribution in [-0.4, -0.2) is 22.1 Å². The van der Waals surface area contributed by atoms with E-state index in [-0.39, 0.29) is 5.69 Å². The van der Waals surface area contributed by atoms with Crippen molar-refractivity contribution in [1.82, 2.24) is 9.55 Å². The van der Waals surface area contributed by atoms with E-state index in [2.05, 4.69) is 9.72 Å². The van der Waals surface area contributed by atoms with E-state index in [0.717, 1.165) is 6.20 Å². The van der Waals surface area contributed by atoms with Crippen LogP contribution in [0.15, 0.2) is 12.5 Å². The monoisotopic (exact) mass is 216 g/mol. The Balaban J connectivity index is 2.61. The van der Waals surface area contributed by atoms with Crippen LogP contribution in [0.1, 0.15) is 29.9 Å². The Morgan fingerprint density at radius 1 is 2.00 bits per heavy atom. The van der Waals surface area contributed by atoms with Gasteiger partial charge in [-0.2, -0.15) is 0 Å². The molecule has 1 aliphatic rings. The number of imidazole rings is 1. The number of carbonyl (C=O) groups excluding carboxylic acids is 1. The van der Waals surface area contributed by atoms with E-state index >= 15 is 0 Å². The minimum atomic E-state index is -2.99. The highest BCUT2D eigenvalue weighted by Crippen LogP contribution is 2.27. The van der Waals surface area contributed by atoms with Gasteiger partial charge in [0.15, 0.2) is 0 Å². The second-order valence-electron chi connectivity index (χ2n) is 3.21. The van der Waals surface area contributed by atoms with E-state index in [9.17, 15) is 4.79 Å². The van der Waals surface area contributed by atoms with Gasteiger partial charge in [0.25, 0.3) is 0 Å². The normalized spacial score (nSPS) is 43.5. The first-order valence-corrected chi connectivity index (χ1v) is 4.44. The van der Waals surface area contributed by atoms with Gasteiger partial charge in [0, 0.05) is 33.1 Å². The predicted octanol–water partition coefficient (Wildman–Crippen LogP) is 1.16. The molecule has 1 saturated heterocycles. The molecule has 2 heterocycles. The number of carbonyl (C=O) groups is 1. The van der Waals surface area contributed by atoms with Crippen molar-refractivity contribution in [2.45, 2.75) is 19.6 Å². The lowest BCUT2D eigenvalue weighted by Crippen LogP contribution is -2.18. The number of nitrogens with zero attached hydrogens (tertiary/aromatic N) is 2. The zero-order valence-corrected chi connectivity index (χ0v) is 8.15. The Kier molecular flexibility index (Phi) is 1.15. The molecule has 4 heteroatoms. The molecule has 0 amide bonds. The van der Waals surface area contributed by atoms with Gasteiger partial charge in [0.2, 0.25) is 0 Å². The summed E-state index contributed by atoms with van der Waals surface area (Å²) in [7, 11) is 1.45. The Bertz CT molecular complexity index is 626. The molecule has 0 radical (unpaired) electrons. The number of hydrogen-bond donors (Lipinski definition) is 0. The average Bonchev–Trinajstić information content (AvgIpc) is 2.85. The first-order chi connectivity index (χ1) is 10.2. The Hall–Kier alpha value is -1.32. The SMILES string of the molecule is [2H]C([2H])([2H])C[C@@H]1C(=O)OC([2H])([2H])[C@]1([2H])C([2H])([2H])c1cncn1C. The zero-order chi connectivity index (χ0) is 17.8. The molecule has 82 valence electrons. The molecule has 1 aliphatic heterocycles. The number of hydrogen-bond acceptors (Lipinski definition) is 3. The Morgan fingerprint density at radius 2 is 2.87 bits per heavy atom. The fourth-order valence-corrected chi connectivity index (χ4v) is 1.28. The van der Waals surface area contributed by atoms with Gasteiger partial charge in [0.1, 0.15) is 0 Å². The van der Waals surface area contributed by atoms with Gasteiger partial charge < -0.3 is 9.30 Å². The lowest BCUT2D eigenvalue weighted by atomic mass is 9.89. The fourth-order valence-electron chi connectivity index (χ4n) is 1.28. The highest BCUT2D eigenvalue weighted by molar-refractivity contribution is 5.74. The summed E-state index contributed by atoms with van der Waals surface area (Å²) in [5, 5.41) is 0. The summed E-state index contributed by atoms with van der Waals surface area (Å²) >= 11 is 0. The van der Waals surface area contributed by atoms with Crippen LogP contribution < -0.4 is 0 Å². The van der Waals surface area contributed by atoms with Gasteiger partial charge in [-0.1, -0.05) is 6.85 Å². The summed E-state index contributed by atoms with van der Waals surface area (Å²) in [6, 6.07) is 0. The fraction of sp³-hybridized carbons (Fsp3) is 0.636. The zero-order valence-electron chi connectivity index (χ0n) is 16.2. The molecule has 1 fully saturated rings. The molecule has 2 rings (SSSR count). The molecule has 0 saturated carbocycles. The number of aromatic nitrogens is 2. The summed E-state index contributed by atoms with van der Waals surface area (Å²) in [5.74, 6) is -5.79. The Morgan fingerprint density at radius 3 is 3.53 bits per heavy atom. The molecule has 4 nitrogen and oxygen atoms in total.